The number of rotatable bonds is 1. The number of pyridine rings is 1. The molecule has 2 unspecified atom stereocenters. The van der Waals surface area contributed by atoms with E-state index in [0.29, 0.717) is 11.3 Å². The van der Waals surface area contributed by atoms with Crippen LogP contribution < -0.4 is 0 Å². The van der Waals surface area contributed by atoms with Crippen molar-refractivity contribution in [2.24, 2.45) is 34.5 Å². The predicted molar refractivity (Wildman–Crippen MR) is 114 cm³/mol. The van der Waals surface area contributed by atoms with Crippen LogP contribution in [0.1, 0.15) is 71.8 Å². The molecule has 0 spiro atoms. The maximum absolute atomic E-state index is 10.7. The number of allylic oxidation sites excluding steroid dienone is 3. The molecule has 1 aromatic heterocycles. The average molecular weight is 378 g/mol. The standard InChI is InChI=1S/C26H35NO/c1-17-14-19-21-8-7-20(18-6-5-13-27-16-18)25(21,3)10-9-22(19)26(4)12-11-24(2,28)15-23(17)26/h5-7,13,15-17,19,21-22,28H,8-12,14H2,1-4H3/t17?,19-,21-,22-,24?,25+,26+/m0/s1. The number of fused-ring (bicyclic) bond motifs is 5. The Hall–Kier alpha value is -1.41. The number of aromatic nitrogens is 1. The summed E-state index contributed by atoms with van der Waals surface area (Å²) < 4.78 is 0. The van der Waals surface area contributed by atoms with Crippen molar-refractivity contribution in [2.45, 2.75) is 71.8 Å². The van der Waals surface area contributed by atoms with Crippen LogP contribution in [-0.4, -0.2) is 15.7 Å². The van der Waals surface area contributed by atoms with Crippen LogP contribution in [0.3, 0.4) is 0 Å². The van der Waals surface area contributed by atoms with Gasteiger partial charge in [0.05, 0.1) is 5.60 Å². The molecule has 2 fully saturated rings. The van der Waals surface area contributed by atoms with Gasteiger partial charge in [-0.25, -0.2) is 0 Å². The third-order valence-electron chi connectivity index (χ3n) is 9.24. The zero-order valence-electron chi connectivity index (χ0n) is 17.9. The van der Waals surface area contributed by atoms with E-state index >= 15 is 0 Å². The lowest BCUT2D eigenvalue weighted by atomic mass is 9.44. The predicted octanol–water partition coefficient (Wildman–Crippen LogP) is 6.03. The molecule has 1 aromatic rings. The molecule has 5 rings (SSSR count). The zero-order chi connectivity index (χ0) is 19.7. The highest BCUT2D eigenvalue weighted by atomic mass is 16.3. The van der Waals surface area contributed by atoms with E-state index in [1.807, 2.05) is 13.1 Å². The monoisotopic (exact) mass is 377 g/mol. The Labute approximate surface area is 170 Å². The first-order valence-electron chi connectivity index (χ1n) is 11.3. The SMILES string of the molecule is CC1C[C@@H]2[C@H](CC[C@]3(C)C(c4cccnc4)=CC[C@@H]23)[C@@]2(C)CCC(C)(O)C=C12. The van der Waals surface area contributed by atoms with Crippen LogP contribution in [-0.2, 0) is 0 Å². The highest BCUT2D eigenvalue weighted by molar-refractivity contribution is 5.72. The smallest absolute Gasteiger partial charge is 0.0802 e. The number of nitrogens with zero attached hydrogens (tertiary/aromatic N) is 1. The van der Waals surface area contributed by atoms with Crippen LogP contribution >= 0.6 is 0 Å². The maximum Gasteiger partial charge on any atom is 0.0802 e. The minimum atomic E-state index is -0.610. The molecular weight excluding hydrogens is 342 g/mol. The van der Waals surface area contributed by atoms with E-state index in [-0.39, 0.29) is 5.41 Å². The van der Waals surface area contributed by atoms with Gasteiger partial charge in [-0.1, -0.05) is 44.6 Å². The van der Waals surface area contributed by atoms with Gasteiger partial charge in [0.1, 0.15) is 0 Å². The Balaban J connectivity index is 1.50. The van der Waals surface area contributed by atoms with Gasteiger partial charge in [-0.3, -0.25) is 4.98 Å². The molecule has 1 N–H and O–H groups in total. The van der Waals surface area contributed by atoms with Gasteiger partial charge in [-0.2, -0.15) is 0 Å². The molecule has 0 aromatic carbocycles. The Morgan fingerprint density at radius 3 is 2.64 bits per heavy atom. The minimum Gasteiger partial charge on any atom is -0.386 e. The van der Waals surface area contributed by atoms with Gasteiger partial charge >= 0.3 is 0 Å². The van der Waals surface area contributed by atoms with Crippen LogP contribution in [0.15, 0.2) is 42.3 Å². The lowest BCUT2D eigenvalue weighted by molar-refractivity contribution is -0.0498. The van der Waals surface area contributed by atoms with E-state index in [1.54, 1.807) is 11.1 Å². The van der Waals surface area contributed by atoms with Gasteiger partial charge in [0.2, 0.25) is 0 Å². The van der Waals surface area contributed by atoms with Crippen molar-refractivity contribution in [1.29, 1.82) is 0 Å². The molecule has 7 atom stereocenters. The molecular formula is C26H35NO. The summed E-state index contributed by atoms with van der Waals surface area (Å²) in [6.07, 6.45) is 15.9. The average Bonchev–Trinajstić information content (AvgIpc) is 3.01. The second-order valence-electron chi connectivity index (χ2n) is 10.9. The van der Waals surface area contributed by atoms with E-state index in [9.17, 15) is 5.11 Å². The highest BCUT2D eigenvalue weighted by Crippen LogP contribution is 2.67. The van der Waals surface area contributed by atoms with Gasteiger partial charge in [0, 0.05) is 12.4 Å². The molecule has 0 amide bonds. The van der Waals surface area contributed by atoms with Crippen molar-refractivity contribution in [2.75, 3.05) is 0 Å². The number of hydrogen-bond acceptors (Lipinski definition) is 2. The lowest BCUT2D eigenvalue weighted by Gasteiger charge is -2.60. The van der Waals surface area contributed by atoms with E-state index in [4.69, 9.17) is 0 Å². The van der Waals surface area contributed by atoms with Crippen molar-refractivity contribution in [3.63, 3.8) is 0 Å². The Morgan fingerprint density at radius 1 is 1.07 bits per heavy atom. The summed E-state index contributed by atoms with van der Waals surface area (Å²) >= 11 is 0. The van der Waals surface area contributed by atoms with Crippen molar-refractivity contribution >= 4 is 5.57 Å². The topological polar surface area (TPSA) is 33.1 Å². The largest absolute Gasteiger partial charge is 0.386 e. The fraction of sp³-hybridized carbons (Fsp3) is 0.654. The van der Waals surface area contributed by atoms with Crippen LogP contribution in [0, 0.1) is 34.5 Å². The highest BCUT2D eigenvalue weighted by Gasteiger charge is 2.58. The van der Waals surface area contributed by atoms with Gasteiger partial charge in [-0.05, 0) is 97.2 Å². The first kappa shape index (κ1) is 18.6. The summed E-state index contributed by atoms with van der Waals surface area (Å²) in [5.74, 6) is 2.91. The second-order valence-corrected chi connectivity index (χ2v) is 10.9. The van der Waals surface area contributed by atoms with Crippen molar-refractivity contribution < 1.29 is 5.11 Å². The summed E-state index contributed by atoms with van der Waals surface area (Å²) in [6.45, 7) is 9.47. The van der Waals surface area contributed by atoms with E-state index < -0.39 is 5.60 Å². The Kier molecular flexibility index (Phi) is 4.02. The fourth-order valence-corrected chi connectivity index (χ4v) is 7.81. The van der Waals surface area contributed by atoms with E-state index in [2.05, 4.69) is 56.2 Å². The third kappa shape index (κ3) is 2.53. The molecule has 2 nitrogen and oxygen atoms in total. The normalized spacial score (nSPS) is 47.5. The van der Waals surface area contributed by atoms with E-state index in [1.165, 1.54) is 31.2 Å². The summed E-state index contributed by atoms with van der Waals surface area (Å²) in [4.78, 5) is 4.40. The maximum atomic E-state index is 10.7. The number of aliphatic hydroxyl groups is 1. The number of hydrogen-bond donors (Lipinski definition) is 1. The van der Waals surface area contributed by atoms with Gasteiger partial charge in [0.15, 0.2) is 0 Å². The van der Waals surface area contributed by atoms with E-state index in [0.717, 1.165) is 30.6 Å². The molecule has 4 aliphatic carbocycles. The lowest BCUT2D eigenvalue weighted by Crippen LogP contribution is -2.52. The molecule has 4 aliphatic rings. The molecule has 1 heterocycles. The molecule has 0 saturated heterocycles. The van der Waals surface area contributed by atoms with Crippen molar-refractivity contribution in [1.82, 2.24) is 4.98 Å². The first-order chi connectivity index (χ1) is 13.2. The summed E-state index contributed by atoms with van der Waals surface area (Å²) in [5.41, 5.74) is 4.41. The molecule has 0 bridgehead atoms. The Bertz CT molecular complexity index is 837. The third-order valence-corrected chi connectivity index (χ3v) is 9.24. The van der Waals surface area contributed by atoms with Crippen molar-refractivity contribution in [3.8, 4) is 0 Å². The van der Waals surface area contributed by atoms with Gasteiger partial charge in [0.25, 0.3) is 0 Å². The molecule has 150 valence electrons. The van der Waals surface area contributed by atoms with Crippen LogP contribution in [0.25, 0.3) is 5.57 Å². The van der Waals surface area contributed by atoms with Gasteiger partial charge < -0.3 is 5.11 Å². The molecule has 0 aliphatic heterocycles. The molecule has 2 saturated carbocycles. The zero-order valence-corrected chi connectivity index (χ0v) is 17.9. The molecule has 2 heteroatoms. The summed E-state index contributed by atoms with van der Waals surface area (Å²) in [6, 6.07) is 4.32. The summed E-state index contributed by atoms with van der Waals surface area (Å²) in [7, 11) is 0. The van der Waals surface area contributed by atoms with Crippen LogP contribution in [0.4, 0.5) is 0 Å². The second kappa shape index (κ2) is 6.05. The fourth-order valence-electron chi connectivity index (χ4n) is 7.81. The van der Waals surface area contributed by atoms with Gasteiger partial charge in [-0.15, -0.1) is 0 Å². The van der Waals surface area contributed by atoms with Crippen molar-refractivity contribution in [3.05, 3.63) is 47.8 Å². The van der Waals surface area contributed by atoms with Crippen LogP contribution in [0.2, 0.25) is 0 Å². The first-order valence-corrected chi connectivity index (χ1v) is 11.3. The minimum absolute atomic E-state index is 0.281. The molecule has 0 radical (unpaired) electrons. The summed E-state index contributed by atoms with van der Waals surface area (Å²) in [5, 5.41) is 10.7. The quantitative estimate of drug-likeness (QED) is 0.606. The van der Waals surface area contributed by atoms with Crippen LogP contribution in [0.5, 0.6) is 0 Å². The molecule has 28 heavy (non-hydrogen) atoms. The Morgan fingerprint density at radius 2 is 1.89 bits per heavy atom.